The quantitative estimate of drug-likeness (QED) is 0.711. The molecule has 2 rings (SSSR count). The highest BCUT2D eigenvalue weighted by Gasteiger charge is 2.29. The molecule has 1 heterocycles. The Morgan fingerprint density at radius 3 is 2.88 bits per heavy atom. The molecule has 3 nitrogen and oxygen atoms in total. The van der Waals surface area contributed by atoms with Crippen LogP contribution in [0.3, 0.4) is 0 Å². The van der Waals surface area contributed by atoms with Gasteiger partial charge >= 0.3 is 0 Å². The lowest BCUT2D eigenvalue weighted by Crippen LogP contribution is -2.46. The zero-order valence-electron chi connectivity index (χ0n) is 10.0. The Labute approximate surface area is 96.9 Å². The van der Waals surface area contributed by atoms with Crippen LogP contribution in [0.25, 0.3) is 0 Å². The van der Waals surface area contributed by atoms with E-state index in [2.05, 4.69) is 11.0 Å². The number of rotatable bonds is 1. The Morgan fingerprint density at radius 2 is 2.19 bits per heavy atom. The van der Waals surface area contributed by atoms with Crippen molar-refractivity contribution >= 4 is 11.4 Å². The van der Waals surface area contributed by atoms with Gasteiger partial charge in [-0.05, 0) is 44.4 Å². The number of benzene rings is 1. The summed E-state index contributed by atoms with van der Waals surface area (Å²) >= 11 is 0. The summed E-state index contributed by atoms with van der Waals surface area (Å²) in [5, 5.41) is 10.1. The van der Waals surface area contributed by atoms with E-state index in [1.54, 1.807) is 0 Å². The fourth-order valence-electron chi connectivity index (χ4n) is 2.41. The number of anilines is 2. The molecule has 0 aromatic heterocycles. The van der Waals surface area contributed by atoms with Crippen molar-refractivity contribution in [2.45, 2.75) is 32.3 Å². The molecule has 3 heteroatoms. The van der Waals surface area contributed by atoms with Crippen LogP contribution in [-0.2, 0) is 0 Å². The van der Waals surface area contributed by atoms with Crippen LogP contribution in [0.5, 0.6) is 0 Å². The summed E-state index contributed by atoms with van der Waals surface area (Å²) in [4.78, 5) is 2.23. The van der Waals surface area contributed by atoms with Crippen LogP contribution in [0, 0.1) is 6.92 Å². The minimum atomic E-state index is -0.574. The highest BCUT2D eigenvalue weighted by atomic mass is 16.3. The molecule has 0 bridgehead atoms. The van der Waals surface area contributed by atoms with Crippen LogP contribution in [-0.4, -0.2) is 23.8 Å². The van der Waals surface area contributed by atoms with Crippen LogP contribution in [0.4, 0.5) is 11.4 Å². The van der Waals surface area contributed by atoms with Crippen LogP contribution in [0.2, 0.25) is 0 Å². The first-order valence-electron chi connectivity index (χ1n) is 5.82. The van der Waals surface area contributed by atoms with E-state index in [0.717, 1.165) is 36.3 Å². The van der Waals surface area contributed by atoms with Gasteiger partial charge < -0.3 is 15.7 Å². The Balaban J connectivity index is 2.27. The number of aliphatic hydroxyl groups is 1. The van der Waals surface area contributed by atoms with Crippen LogP contribution in [0.1, 0.15) is 25.3 Å². The first-order valence-corrected chi connectivity index (χ1v) is 5.82. The van der Waals surface area contributed by atoms with E-state index in [9.17, 15) is 5.11 Å². The lowest BCUT2D eigenvalue weighted by molar-refractivity contribution is 0.0449. The molecule has 0 amide bonds. The lowest BCUT2D eigenvalue weighted by atomic mass is 9.94. The monoisotopic (exact) mass is 220 g/mol. The normalized spacial score (nSPS) is 25.8. The predicted octanol–water partition coefficient (Wildman–Crippen LogP) is 1.93. The Kier molecular flexibility index (Phi) is 2.80. The number of hydrogen-bond donors (Lipinski definition) is 2. The SMILES string of the molecule is Cc1c(N)cccc1N1CCCC(C)(O)C1. The highest BCUT2D eigenvalue weighted by molar-refractivity contribution is 5.64. The Bertz CT molecular complexity index is 388. The molecule has 0 spiro atoms. The van der Waals surface area contributed by atoms with E-state index in [0.29, 0.717) is 6.54 Å². The van der Waals surface area contributed by atoms with Crippen molar-refractivity contribution in [3.63, 3.8) is 0 Å². The molecule has 1 aliphatic heterocycles. The van der Waals surface area contributed by atoms with Gasteiger partial charge in [0.25, 0.3) is 0 Å². The predicted molar refractivity (Wildman–Crippen MR) is 67.7 cm³/mol. The maximum Gasteiger partial charge on any atom is 0.0794 e. The average Bonchev–Trinajstić information content (AvgIpc) is 2.20. The standard InChI is InChI=1S/C13H20N2O/c1-10-11(14)5-3-6-12(10)15-8-4-7-13(2,16)9-15/h3,5-6,16H,4,7-9,14H2,1-2H3. The molecule has 1 saturated heterocycles. The molecule has 0 aliphatic carbocycles. The second kappa shape index (κ2) is 3.98. The van der Waals surface area contributed by atoms with E-state index in [4.69, 9.17) is 5.73 Å². The fourth-order valence-corrected chi connectivity index (χ4v) is 2.41. The van der Waals surface area contributed by atoms with Gasteiger partial charge in [-0.25, -0.2) is 0 Å². The van der Waals surface area contributed by atoms with E-state index in [1.807, 2.05) is 26.0 Å². The minimum Gasteiger partial charge on any atom is -0.398 e. The topological polar surface area (TPSA) is 49.5 Å². The second-order valence-electron chi connectivity index (χ2n) is 5.01. The molecular weight excluding hydrogens is 200 g/mol. The fraction of sp³-hybridized carbons (Fsp3) is 0.538. The van der Waals surface area contributed by atoms with E-state index < -0.39 is 5.60 Å². The molecular formula is C13H20N2O. The van der Waals surface area contributed by atoms with Gasteiger partial charge in [0.1, 0.15) is 0 Å². The summed E-state index contributed by atoms with van der Waals surface area (Å²) < 4.78 is 0. The van der Waals surface area contributed by atoms with Crippen molar-refractivity contribution in [1.82, 2.24) is 0 Å². The summed E-state index contributed by atoms with van der Waals surface area (Å²) in [6, 6.07) is 5.97. The Hall–Kier alpha value is -1.22. The number of nitrogens with zero attached hydrogens (tertiary/aromatic N) is 1. The third kappa shape index (κ3) is 2.14. The van der Waals surface area contributed by atoms with Gasteiger partial charge in [0, 0.05) is 24.5 Å². The average molecular weight is 220 g/mol. The van der Waals surface area contributed by atoms with Gasteiger partial charge in [0.2, 0.25) is 0 Å². The minimum absolute atomic E-state index is 0.574. The number of nitrogens with two attached hydrogens (primary N) is 1. The van der Waals surface area contributed by atoms with E-state index in [1.165, 1.54) is 0 Å². The van der Waals surface area contributed by atoms with Crippen LogP contribution in [0.15, 0.2) is 18.2 Å². The van der Waals surface area contributed by atoms with Crippen LogP contribution < -0.4 is 10.6 Å². The Morgan fingerprint density at radius 1 is 1.44 bits per heavy atom. The van der Waals surface area contributed by atoms with Gasteiger partial charge in [0.15, 0.2) is 0 Å². The third-order valence-electron chi connectivity index (χ3n) is 3.36. The van der Waals surface area contributed by atoms with Crippen molar-refractivity contribution in [1.29, 1.82) is 0 Å². The number of β-amino-alcohol motifs (C(OH)–C–C–N with tert-alkyl or cyclic N) is 1. The molecule has 16 heavy (non-hydrogen) atoms. The van der Waals surface area contributed by atoms with Crippen molar-refractivity contribution in [3.05, 3.63) is 23.8 Å². The summed E-state index contributed by atoms with van der Waals surface area (Å²) in [5.74, 6) is 0. The third-order valence-corrected chi connectivity index (χ3v) is 3.36. The molecule has 1 aliphatic rings. The van der Waals surface area contributed by atoms with Crippen molar-refractivity contribution < 1.29 is 5.11 Å². The van der Waals surface area contributed by atoms with Crippen LogP contribution >= 0.6 is 0 Å². The molecule has 1 aromatic rings. The molecule has 1 aromatic carbocycles. The van der Waals surface area contributed by atoms with Gasteiger partial charge in [-0.1, -0.05) is 6.07 Å². The maximum atomic E-state index is 10.1. The van der Waals surface area contributed by atoms with Gasteiger partial charge in [-0.2, -0.15) is 0 Å². The number of nitrogen functional groups attached to an aromatic ring is 1. The maximum absolute atomic E-state index is 10.1. The van der Waals surface area contributed by atoms with Gasteiger partial charge in [0.05, 0.1) is 5.60 Å². The summed E-state index contributed by atoms with van der Waals surface area (Å²) in [6.07, 6.45) is 1.91. The summed E-state index contributed by atoms with van der Waals surface area (Å²) in [5.41, 5.74) is 8.42. The zero-order chi connectivity index (χ0) is 11.8. The zero-order valence-corrected chi connectivity index (χ0v) is 10.0. The molecule has 1 atom stereocenters. The van der Waals surface area contributed by atoms with E-state index >= 15 is 0 Å². The number of hydrogen-bond acceptors (Lipinski definition) is 3. The molecule has 1 unspecified atom stereocenters. The van der Waals surface area contributed by atoms with E-state index in [-0.39, 0.29) is 0 Å². The summed E-state index contributed by atoms with van der Waals surface area (Å²) in [6.45, 7) is 5.63. The lowest BCUT2D eigenvalue weighted by Gasteiger charge is -2.39. The molecule has 1 fully saturated rings. The van der Waals surface area contributed by atoms with Crippen molar-refractivity contribution in [2.24, 2.45) is 0 Å². The molecule has 88 valence electrons. The second-order valence-corrected chi connectivity index (χ2v) is 5.01. The highest BCUT2D eigenvalue weighted by Crippen LogP contribution is 2.30. The first-order chi connectivity index (χ1) is 7.49. The smallest absolute Gasteiger partial charge is 0.0794 e. The van der Waals surface area contributed by atoms with Crippen molar-refractivity contribution in [3.8, 4) is 0 Å². The largest absolute Gasteiger partial charge is 0.398 e. The van der Waals surface area contributed by atoms with Gasteiger partial charge in [-0.15, -0.1) is 0 Å². The number of piperidine rings is 1. The first kappa shape index (κ1) is 11.3. The molecule has 3 N–H and O–H groups in total. The molecule has 0 radical (unpaired) electrons. The van der Waals surface area contributed by atoms with Crippen molar-refractivity contribution in [2.75, 3.05) is 23.7 Å². The van der Waals surface area contributed by atoms with Gasteiger partial charge in [-0.3, -0.25) is 0 Å². The summed E-state index contributed by atoms with van der Waals surface area (Å²) in [7, 11) is 0. The molecule has 0 saturated carbocycles.